The average Bonchev–Trinajstić information content (AvgIpc) is 2.99. The molecule has 0 aromatic carbocycles. The van der Waals surface area contributed by atoms with Crippen LogP contribution in [0.15, 0.2) is 6.07 Å². The van der Waals surface area contributed by atoms with Crippen molar-refractivity contribution in [2.75, 3.05) is 11.4 Å². The predicted molar refractivity (Wildman–Crippen MR) is 74.1 cm³/mol. The lowest BCUT2D eigenvalue weighted by Gasteiger charge is -2.33. The molecule has 0 aliphatic carbocycles. The molecule has 0 bridgehead atoms. The van der Waals surface area contributed by atoms with Gasteiger partial charge in [-0.15, -0.1) is 5.10 Å². The van der Waals surface area contributed by atoms with E-state index in [1.165, 1.54) is 15.6 Å². The van der Waals surface area contributed by atoms with Gasteiger partial charge >= 0.3 is 6.18 Å². The van der Waals surface area contributed by atoms with E-state index in [0.717, 1.165) is 4.68 Å². The van der Waals surface area contributed by atoms with Crippen molar-refractivity contribution < 1.29 is 18.0 Å². The third kappa shape index (κ3) is 2.47. The Bertz CT molecular complexity index is 762. The molecule has 3 rings (SSSR count). The maximum atomic E-state index is 13.2. The number of carbonyl (C=O) groups is 1. The fourth-order valence-corrected chi connectivity index (χ4v) is 2.66. The smallest absolute Gasteiger partial charge is 0.291 e. The molecule has 0 radical (unpaired) electrons. The van der Waals surface area contributed by atoms with E-state index in [1.54, 1.807) is 20.9 Å². The van der Waals surface area contributed by atoms with E-state index in [-0.39, 0.29) is 24.5 Å². The molecule has 124 valence electrons. The first-order valence-electron chi connectivity index (χ1n) is 7.01. The first kappa shape index (κ1) is 15.5. The Labute approximate surface area is 129 Å². The van der Waals surface area contributed by atoms with Crippen LogP contribution in [0.3, 0.4) is 0 Å². The van der Waals surface area contributed by atoms with Gasteiger partial charge in [-0.3, -0.25) is 14.4 Å². The first-order valence-corrected chi connectivity index (χ1v) is 7.01. The highest BCUT2D eigenvalue weighted by molar-refractivity contribution is 6.05. The van der Waals surface area contributed by atoms with Crippen LogP contribution >= 0.6 is 0 Å². The highest BCUT2D eigenvalue weighted by Gasteiger charge is 2.46. The van der Waals surface area contributed by atoms with E-state index in [2.05, 4.69) is 15.4 Å². The lowest BCUT2D eigenvalue weighted by atomic mass is 10.1. The average molecular weight is 328 g/mol. The molecule has 1 amide bonds. The third-order valence-corrected chi connectivity index (χ3v) is 3.97. The summed E-state index contributed by atoms with van der Waals surface area (Å²) in [6, 6.07) is -0.250. The summed E-state index contributed by atoms with van der Waals surface area (Å²) in [4.78, 5) is 13.9. The number of aromatic nitrogens is 5. The number of nitrogens with zero attached hydrogens (tertiary/aromatic N) is 6. The maximum Gasteiger partial charge on any atom is 0.410 e. The molecule has 1 unspecified atom stereocenters. The zero-order valence-corrected chi connectivity index (χ0v) is 12.8. The Hall–Kier alpha value is -2.39. The Morgan fingerprint density at radius 2 is 2.04 bits per heavy atom. The van der Waals surface area contributed by atoms with Crippen molar-refractivity contribution in [3.8, 4) is 0 Å². The molecule has 1 aliphatic rings. The van der Waals surface area contributed by atoms with E-state index in [9.17, 15) is 18.0 Å². The van der Waals surface area contributed by atoms with E-state index < -0.39 is 18.1 Å². The van der Waals surface area contributed by atoms with Crippen LogP contribution in [0.2, 0.25) is 0 Å². The monoisotopic (exact) mass is 328 g/mol. The Morgan fingerprint density at radius 3 is 2.61 bits per heavy atom. The largest absolute Gasteiger partial charge is 0.410 e. The van der Waals surface area contributed by atoms with Crippen LogP contribution in [0.4, 0.5) is 19.0 Å². The topological polar surface area (TPSA) is 68.8 Å². The van der Waals surface area contributed by atoms with Gasteiger partial charge in [0.05, 0.1) is 11.4 Å². The quantitative estimate of drug-likeness (QED) is 0.800. The van der Waals surface area contributed by atoms with Gasteiger partial charge in [-0.05, 0) is 20.3 Å². The number of carbonyl (C=O) groups excluding carboxylic acids is 1. The summed E-state index contributed by atoms with van der Waals surface area (Å²) in [5.41, 5.74) is 1.10. The normalized spacial score (nSPS) is 18.2. The molecule has 7 nitrogen and oxygen atoms in total. The summed E-state index contributed by atoms with van der Waals surface area (Å²) in [6.07, 6.45) is -4.66. The van der Waals surface area contributed by atoms with Gasteiger partial charge in [0.1, 0.15) is 5.82 Å². The fraction of sp³-hybridized carbons (Fsp3) is 0.538. The van der Waals surface area contributed by atoms with Crippen LogP contribution in [-0.4, -0.2) is 43.4 Å². The molecule has 1 aliphatic heterocycles. The number of anilines is 1. The number of aryl methyl sites for hydroxylation is 2. The van der Waals surface area contributed by atoms with Crippen LogP contribution in [0, 0.1) is 13.8 Å². The van der Waals surface area contributed by atoms with E-state index in [1.807, 2.05) is 0 Å². The van der Waals surface area contributed by atoms with E-state index in [0.29, 0.717) is 11.4 Å². The number of fused-ring (bicyclic) bond motifs is 1. The molecule has 0 spiro atoms. The van der Waals surface area contributed by atoms with Crippen molar-refractivity contribution >= 4 is 11.7 Å². The van der Waals surface area contributed by atoms with Gasteiger partial charge in [0.15, 0.2) is 11.7 Å². The molecule has 0 saturated carbocycles. The number of hydrogen-bond donors (Lipinski definition) is 0. The highest BCUT2D eigenvalue weighted by Crippen LogP contribution is 2.39. The number of halogens is 3. The van der Waals surface area contributed by atoms with Crippen molar-refractivity contribution in [2.24, 2.45) is 7.05 Å². The van der Waals surface area contributed by atoms with Gasteiger partial charge in [0, 0.05) is 19.7 Å². The van der Waals surface area contributed by atoms with Gasteiger partial charge in [-0.25, -0.2) is 4.68 Å². The van der Waals surface area contributed by atoms with Crippen molar-refractivity contribution in [3.05, 3.63) is 23.1 Å². The minimum absolute atomic E-state index is 0.0514. The van der Waals surface area contributed by atoms with Crippen molar-refractivity contribution in [3.63, 3.8) is 0 Å². The van der Waals surface area contributed by atoms with Crippen LogP contribution in [-0.2, 0) is 7.05 Å². The molecule has 23 heavy (non-hydrogen) atoms. The molecule has 1 atom stereocenters. The number of rotatable bonds is 1. The lowest BCUT2D eigenvalue weighted by molar-refractivity contribution is -0.172. The Balaban J connectivity index is 2.02. The molecule has 2 aromatic heterocycles. The van der Waals surface area contributed by atoms with Crippen LogP contribution < -0.4 is 4.90 Å². The summed E-state index contributed by atoms with van der Waals surface area (Å²) in [7, 11) is 1.64. The summed E-state index contributed by atoms with van der Waals surface area (Å²) in [5, 5.41) is 11.5. The maximum absolute atomic E-state index is 13.2. The first-order chi connectivity index (χ1) is 10.7. The summed E-state index contributed by atoms with van der Waals surface area (Å²) >= 11 is 0. The molecular weight excluding hydrogens is 313 g/mol. The van der Waals surface area contributed by atoms with Gasteiger partial charge < -0.3 is 0 Å². The minimum atomic E-state index is -4.41. The molecule has 0 saturated heterocycles. The van der Waals surface area contributed by atoms with Gasteiger partial charge in [0.25, 0.3) is 5.91 Å². The second kappa shape index (κ2) is 5.07. The van der Waals surface area contributed by atoms with Crippen molar-refractivity contribution in [1.29, 1.82) is 0 Å². The van der Waals surface area contributed by atoms with Crippen LogP contribution in [0.25, 0.3) is 0 Å². The molecule has 0 fully saturated rings. The second-order valence-corrected chi connectivity index (χ2v) is 5.54. The standard InChI is InChI=1S/C13H15F3N6O/c1-7-6-10-21(12(23)11-8(2)20(3)19-17-11)5-4-9(13(14,15)16)22(10)18-7/h6,9H,4-5H2,1-3H3. The molecular formula is C13H15F3N6O. The summed E-state index contributed by atoms with van der Waals surface area (Å²) in [5.74, 6) is -0.344. The third-order valence-electron chi connectivity index (χ3n) is 3.97. The number of hydrogen-bond acceptors (Lipinski definition) is 4. The van der Waals surface area contributed by atoms with Crippen molar-refractivity contribution in [1.82, 2.24) is 24.8 Å². The molecule has 3 heterocycles. The summed E-state index contributed by atoms with van der Waals surface area (Å²) < 4.78 is 41.8. The van der Waals surface area contributed by atoms with Gasteiger partial charge in [-0.1, -0.05) is 5.21 Å². The lowest BCUT2D eigenvalue weighted by Crippen LogP contribution is -2.43. The fourth-order valence-electron chi connectivity index (χ4n) is 2.66. The van der Waals surface area contributed by atoms with Crippen LogP contribution in [0.5, 0.6) is 0 Å². The zero-order valence-electron chi connectivity index (χ0n) is 12.8. The second-order valence-electron chi connectivity index (χ2n) is 5.54. The van der Waals surface area contributed by atoms with E-state index in [4.69, 9.17) is 0 Å². The number of amides is 1. The van der Waals surface area contributed by atoms with Gasteiger partial charge in [-0.2, -0.15) is 18.3 Å². The van der Waals surface area contributed by atoms with Crippen LogP contribution in [0.1, 0.15) is 34.3 Å². The summed E-state index contributed by atoms with van der Waals surface area (Å²) in [6.45, 7) is 3.22. The Morgan fingerprint density at radius 1 is 1.35 bits per heavy atom. The highest BCUT2D eigenvalue weighted by atomic mass is 19.4. The SMILES string of the molecule is Cc1cc2n(n1)C(C(F)(F)F)CCN2C(=O)c1nnn(C)c1C. The van der Waals surface area contributed by atoms with Gasteiger partial charge in [0.2, 0.25) is 0 Å². The Kier molecular flexibility index (Phi) is 3.42. The molecule has 2 aromatic rings. The minimum Gasteiger partial charge on any atom is -0.291 e. The van der Waals surface area contributed by atoms with E-state index >= 15 is 0 Å². The molecule has 10 heteroatoms. The predicted octanol–water partition coefficient (Wildman–Crippen LogP) is 1.78. The molecule has 0 N–H and O–H groups in total. The van der Waals surface area contributed by atoms with Crippen molar-refractivity contribution in [2.45, 2.75) is 32.5 Å². The number of alkyl halides is 3. The zero-order chi connectivity index (χ0) is 16.9.